The Bertz CT molecular complexity index is 1270. The van der Waals surface area contributed by atoms with Crippen molar-refractivity contribution in [1.29, 1.82) is 0 Å². The molecule has 150 valence electrons. The van der Waals surface area contributed by atoms with Gasteiger partial charge in [-0.05, 0) is 18.2 Å². The number of H-pyrrole nitrogens is 1. The third-order valence-corrected chi connectivity index (χ3v) is 4.80. The van der Waals surface area contributed by atoms with Crippen molar-refractivity contribution in [2.75, 3.05) is 11.9 Å². The smallest absolute Gasteiger partial charge is 0.201 e. The Labute approximate surface area is 174 Å². The van der Waals surface area contributed by atoms with Gasteiger partial charge in [-0.25, -0.2) is 13.8 Å². The first-order valence-electron chi connectivity index (χ1n) is 8.93. The highest BCUT2D eigenvalue weighted by Gasteiger charge is 2.24. The van der Waals surface area contributed by atoms with Crippen molar-refractivity contribution in [3.8, 4) is 0 Å². The zero-order valence-electron chi connectivity index (χ0n) is 15.4. The van der Waals surface area contributed by atoms with Gasteiger partial charge in [-0.15, -0.1) is 0 Å². The number of benzene rings is 2. The van der Waals surface area contributed by atoms with Crippen LogP contribution >= 0.6 is 11.6 Å². The average molecular weight is 426 g/mol. The third-order valence-electron chi connectivity index (χ3n) is 4.60. The van der Waals surface area contributed by atoms with Crippen molar-refractivity contribution in [3.05, 3.63) is 94.3 Å². The molecule has 0 saturated carbocycles. The molecule has 8 heteroatoms. The first-order chi connectivity index (χ1) is 14.5. The normalized spacial score (nSPS) is 10.9. The summed E-state index contributed by atoms with van der Waals surface area (Å²) >= 11 is 5.93. The molecule has 0 saturated heterocycles. The average Bonchev–Trinajstić information content (AvgIpc) is 3.16. The Morgan fingerprint density at radius 2 is 1.87 bits per heavy atom. The monoisotopic (exact) mass is 425 g/mol. The molecule has 30 heavy (non-hydrogen) atoms. The lowest BCUT2D eigenvalue weighted by Crippen LogP contribution is -2.16. The lowest BCUT2D eigenvalue weighted by atomic mass is 10.0. The van der Waals surface area contributed by atoms with Crippen molar-refractivity contribution in [2.24, 2.45) is 0 Å². The van der Waals surface area contributed by atoms with Crippen LogP contribution in [-0.2, 0) is 0 Å². The Morgan fingerprint density at radius 3 is 2.63 bits per heavy atom. The molecule has 4 rings (SSSR count). The van der Waals surface area contributed by atoms with Crippen LogP contribution in [0.15, 0.2) is 60.9 Å². The molecule has 0 radical (unpaired) electrons. The van der Waals surface area contributed by atoms with E-state index >= 15 is 4.39 Å². The highest BCUT2D eigenvalue weighted by atomic mass is 35.5. The number of aromatic amines is 1. The number of hydrogen-bond donors (Lipinski definition) is 2. The third kappa shape index (κ3) is 3.67. The predicted molar refractivity (Wildman–Crippen MR) is 110 cm³/mol. The Hall–Kier alpha value is -3.58. The summed E-state index contributed by atoms with van der Waals surface area (Å²) in [5, 5.41) is 3.28. The number of carbonyl (C=O) groups excluding carboxylic acids is 2. The molecule has 0 aliphatic carbocycles. The molecule has 0 bridgehead atoms. The second-order valence-corrected chi connectivity index (χ2v) is 6.94. The van der Waals surface area contributed by atoms with Crippen LogP contribution in [0.5, 0.6) is 0 Å². The lowest BCUT2D eigenvalue weighted by molar-refractivity contribution is 0.100. The van der Waals surface area contributed by atoms with Gasteiger partial charge in [-0.2, -0.15) is 0 Å². The number of halogens is 3. The number of nitrogens with one attached hydrogen (secondary N) is 2. The highest BCUT2D eigenvalue weighted by molar-refractivity contribution is 6.31. The fraction of sp³-hybridized carbons (Fsp3) is 0.0455. The van der Waals surface area contributed by atoms with Crippen LogP contribution in [-0.4, -0.2) is 28.1 Å². The summed E-state index contributed by atoms with van der Waals surface area (Å²) in [5.41, 5.74) is -0.0262. The van der Waals surface area contributed by atoms with E-state index in [1.807, 2.05) is 0 Å². The maximum absolute atomic E-state index is 15.0. The number of Topliss-reactive ketones (excluding diaryl/α,β-unsaturated/α-hetero) is 1. The second kappa shape index (κ2) is 8.04. The maximum atomic E-state index is 15.0. The molecule has 0 aliphatic heterocycles. The van der Waals surface area contributed by atoms with E-state index in [9.17, 15) is 14.0 Å². The van der Waals surface area contributed by atoms with E-state index < -0.39 is 23.0 Å². The van der Waals surface area contributed by atoms with Crippen LogP contribution in [0.3, 0.4) is 0 Å². The lowest BCUT2D eigenvalue weighted by Gasteiger charge is -2.11. The number of nitrogens with zero attached hydrogens (tertiary/aromatic N) is 1. The first kappa shape index (κ1) is 19.7. The van der Waals surface area contributed by atoms with Gasteiger partial charge in [0.05, 0.1) is 22.8 Å². The molecule has 0 unspecified atom stereocenters. The zero-order valence-corrected chi connectivity index (χ0v) is 16.1. The number of aromatic nitrogens is 2. The number of ketones is 2. The summed E-state index contributed by atoms with van der Waals surface area (Å²) < 4.78 is 29.4. The molecule has 2 N–H and O–H groups in total. The number of carbonyl (C=O) groups is 2. The molecule has 2 heterocycles. The molecule has 2 aromatic heterocycles. The Morgan fingerprint density at radius 1 is 1.10 bits per heavy atom. The molecule has 4 aromatic rings. The minimum atomic E-state index is -1.08. The number of rotatable bonds is 6. The van der Waals surface area contributed by atoms with Gasteiger partial charge in [0.1, 0.15) is 11.5 Å². The number of fused-ring (bicyclic) bond motifs is 1. The molecule has 0 fully saturated rings. The van der Waals surface area contributed by atoms with E-state index in [1.54, 1.807) is 30.3 Å². The van der Waals surface area contributed by atoms with E-state index in [0.717, 1.165) is 12.1 Å². The van der Waals surface area contributed by atoms with E-state index in [1.165, 1.54) is 18.5 Å². The van der Waals surface area contributed by atoms with E-state index in [2.05, 4.69) is 15.3 Å². The van der Waals surface area contributed by atoms with Crippen LogP contribution in [0.1, 0.15) is 26.3 Å². The van der Waals surface area contributed by atoms with Gasteiger partial charge in [0.2, 0.25) is 5.78 Å². The molecular formula is C22H14ClF2N3O2. The standard InChI is InChI=1S/C22H14ClF2N3O2/c23-13-8-14-15(10-28-22(14)27-9-13)21(30)19-16(24)6-7-17(20(19)25)26-11-18(29)12-4-2-1-3-5-12/h1-10,26H,11H2,(H,27,28). The van der Waals surface area contributed by atoms with Gasteiger partial charge >= 0.3 is 0 Å². The highest BCUT2D eigenvalue weighted by Crippen LogP contribution is 2.27. The number of anilines is 1. The molecule has 0 amide bonds. The van der Waals surface area contributed by atoms with E-state index in [-0.39, 0.29) is 28.6 Å². The maximum Gasteiger partial charge on any atom is 0.201 e. The molecule has 2 aromatic carbocycles. The predicted octanol–water partition coefficient (Wildman–Crippen LogP) is 5.02. The molecule has 5 nitrogen and oxygen atoms in total. The summed E-state index contributed by atoms with van der Waals surface area (Å²) in [6, 6.07) is 12.1. The van der Waals surface area contributed by atoms with Crippen LogP contribution < -0.4 is 5.32 Å². The largest absolute Gasteiger partial charge is 0.375 e. The Kier molecular flexibility index (Phi) is 5.29. The summed E-state index contributed by atoms with van der Waals surface area (Å²) in [6.07, 6.45) is 2.72. The van der Waals surface area contributed by atoms with E-state index in [0.29, 0.717) is 16.6 Å². The summed E-state index contributed by atoms with van der Waals surface area (Å²) in [5.74, 6) is -3.23. The number of pyridine rings is 1. The minimum absolute atomic E-state index is 0.0373. The van der Waals surface area contributed by atoms with Crippen molar-refractivity contribution < 1.29 is 18.4 Å². The quantitative estimate of drug-likeness (QED) is 0.425. The molecule has 0 spiro atoms. The summed E-state index contributed by atoms with van der Waals surface area (Å²) in [7, 11) is 0. The van der Waals surface area contributed by atoms with Gasteiger partial charge in [0, 0.05) is 28.9 Å². The van der Waals surface area contributed by atoms with Gasteiger partial charge in [0.15, 0.2) is 11.6 Å². The molecule has 0 aliphatic rings. The van der Waals surface area contributed by atoms with Gasteiger partial charge in [0.25, 0.3) is 0 Å². The number of hydrogen-bond acceptors (Lipinski definition) is 4. The van der Waals surface area contributed by atoms with Crippen LogP contribution in [0.25, 0.3) is 11.0 Å². The summed E-state index contributed by atoms with van der Waals surface area (Å²) in [4.78, 5) is 32.0. The second-order valence-electron chi connectivity index (χ2n) is 6.51. The van der Waals surface area contributed by atoms with Crippen molar-refractivity contribution in [3.63, 3.8) is 0 Å². The van der Waals surface area contributed by atoms with Crippen molar-refractivity contribution in [2.45, 2.75) is 0 Å². The fourth-order valence-corrected chi connectivity index (χ4v) is 3.26. The van der Waals surface area contributed by atoms with Crippen LogP contribution in [0.4, 0.5) is 14.5 Å². The fourth-order valence-electron chi connectivity index (χ4n) is 3.10. The minimum Gasteiger partial charge on any atom is -0.375 e. The van der Waals surface area contributed by atoms with E-state index in [4.69, 9.17) is 11.6 Å². The van der Waals surface area contributed by atoms with Gasteiger partial charge in [-0.3, -0.25) is 9.59 Å². The topological polar surface area (TPSA) is 74.8 Å². The summed E-state index contributed by atoms with van der Waals surface area (Å²) in [6.45, 7) is -0.215. The first-order valence-corrected chi connectivity index (χ1v) is 9.31. The molecule has 0 atom stereocenters. The van der Waals surface area contributed by atoms with Gasteiger partial charge in [-0.1, -0.05) is 41.9 Å². The van der Waals surface area contributed by atoms with Gasteiger partial charge < -0.3 is 10.3 Å². The zero-order chi connectivity index (χ0) is 21.3. The van der Waals surface area contributed by atoms with Crippen molar-refractivity contribution >= 4 is 39.9 Å². The van der Waals surface area contributed by atoms with Crippen LogP contribution in [0, 0.1) is 11.6 Å². The Balaban J connectivity index is 1.65. The molecular weight excluding hydrogens is 412 g/mol. The van der Waals surface area contributed by atoms with Crippen LogP contribution in [0.2, 0.25) is 5.02 Å². The SMILES string of the molecule is O=C(CNc1ccc(F)c(C(=O)c2c[nH]c3ncc(Cl)cc23)c1F)c1ccccc1. The van der Waals surface area contributed by atoms with Crippen molar-refractivity contribution in [1.82, 2.24) is 9.97 Å².